The molecule has 2 aromatic carbocycles. The van der Waals surface area contributed by atoms with Gasteiger partial charge in [0, 0.05) is 53.2 Å². The standard InChI is InChI=1S/C31H33FN4O5/c1-18-5-8-26(40-31(38)39)25(16-18)23-4-3-12-36-29(23)33-19(2)22(30(36)37)11-15-35-13-9-20(10-14-35)28-24-7-6-21(32)17-27(24)41-34-28/h5-8,16-17,20,23H,3-4,9-15H2,1-2H3,(H,38,39). The maximum absolute atomic E-state index is 13.7. The Morgan fingerprint density at radius 3 is 2.71 bits per heavy atom. The molecule has 41 heavy (non-hydrogen) atoms. The van der Waals surface area contributed by atoms with Gasteiger partial charge in [0.25, 0.3) is 5.56 Å². The summed E-state index contributed by atoms with van der Waals surface area (Å²) in [4.78, 5) is 32.3. The van der Waals surface area contributed by atoms with Crippen LogP contribution < -0.4 is 10.3 Å². The number of benzene rings is 2. The Kier molecular flexibility index (Phi) is 7.33. The minimum absolute atomic E-state index is 0.0123. The van der Waals surface area contributed by atoms with Crippen LogP contribution >= 0.6 is 0 Å². The fraction of sp³-hybridized carbons (Fsp3) is 0.419. The number of hydrogen-bond acceptors (Lipinski definition) is 7. The van der Waals surface area contributed by atoms with Crippen LogP contribution in [0.15, 0.2) is 45.7 Å². The number of halogens is 1. The molecule has 1 fully saturated rings. The van der Waals surface area contributed by atoms with Gasteiger partial charge in [-0.3, -0.25) is 9.36 Å². The third kappa shape index (κ3) is 5.36. The van der Waals surface area contributed by atoms with Crippen LogP contribution in [0.2, 0.25) is 0 Å². The summed E-state index contributed by atoms with van der Waals surface area (Å²) in [7, 11) is 0. The zero-order chi connectivity index (χ0) is 28.7. The molecule has 0 aliphatic carbocycles. The topological polar surface area (TPSA) is 111 Å². The van der Waals surface area contributed by atoms with Gasteiger partial charge in [0.1, 0.15) is 17.4 Å². The van der Waals surface area contributed by atoms with Crippen LogP contribution in [-0.2, 0) is 13.0 Å². The van der Waals surface area contributed by atoms with Crippen molar-refractivity contribution in [1.82, 2.24) is 19.6 Å². The molecule has 2 aromatic heterocycles. The van der Waals surface area contributed by atoms with Crippen LogP contribution in [0.4, 0.5) is 9.18 Å². The fourth-order valence-electron chi connectivity index (χ4n) is 6.42. The van der Waals surface area contributed by atoms with Gasteiger partial charge >= 0.3 is 6.16 Å². The molecule has 1 N–H and O–H groups in total. The predicted molar refractivity (Wildman–Crippen MR) is 150 cm³/mol. The van der Waals surface area contributed by atoms with Crippen molar-refractivity contribution in [3.8, 4) is 5.75 Å². The highest BCUT2D eigenvalue weighted by Gasteiger charge is 2.30. The van der Waals surface area contributed by atoms with Gasteiger partial charge in [0.15, 0.2) is 5.58 Å². The molecule has 6 rings (SSSR count). The average molecular weight is 561 g/mol. The number of carboxylic acid groups (broad SMARTS) is 1. The smallest absolute Gasteiger partial charge is 0.449 e. The SMILES string of the molecule is Cc1ccc(OC(=O)O)c(C2CCCn3c2nc(C)c(CCN2CCC(c4noc5cc(F)ccc45)CC2)c3=O)c1. The molecule has 2 aliphatic rings. The van der Waals surface area contributed by atoms with E-state index in [0.29, 0.717) is 24.4 Å². The summed E-state index contributed by atoms with van der Waals surface area (Å²) in [5, 5.41) is 14.4. The Morgan fingerprint density at radius 1 is 1.12 bits per heavy atom. The van der Waals surface area contributed by atoms with E-state index in [9.17, 15) is 19.1 Å². The van der Waals surface area contributed by atoms with E-state index in [4.69, 9.17) is 14.2 Å². The van der Waals surface area contributed by atoms with Crippen LogP contribution in [0.1, 0.15) is 71.4 Å². The van der Waals surface area contributed by atoms with Crippen LogP contribution in [0.25, 0.3) is 11.0 Å². The lowest BCUT2D eigenvalue weighted by Crippen LogP contribution is -2.38. The third-order valence-corrected chi connectivity index (χ3v) is 8.54. The Morgan fingerprint density at radius 2 is 1.93 bits per heavy atom. The summed E-state index contributed by atoms with van der Waals surface area (Å²) in [6.07, 6.45) is 2.62. The zero-order valence-electron chi connectivity index (χ0n) is 23.2. The second-order valence-electron chi connectivity index (χ2n) is 11.2. The summed E-state index contributed by atoms with van der Waals surface area (Å²) < 4.78 is 25.8. The number of nitrogens with zero attached hydrogens (tertiary/aromatic N) is 4. The number of carbonyl (C=O) groups is 1. The number of piperidine rings is 1. The van der Waals surface area contributed by atoms with Crippen molar-refractivity contribution < 1.29 is 23.6 Å². The molecule has 2 aliphatic heterocycles. The van der Waals surface area contributed by atoms with E-state index in [1.807, 2.05) is 26.0 Å². The van der Waals surface area contributed by atoms with Crippen LogP contribution in [0.3, 0.4) is 0 Å². The predicted octanol–water partition coefficient (Wildman–Crippen LogP) is 5.55. The van der Waals surface area contributed by atoms with Gasteiger partial charge in [0.2, 0.25) is 0 Å². The van der Waals surface area contributed by atoms with Gasteiger partial charge in [-0.1, -0.05) is 22.9 Å². The third-order valence-electron chi connectivity index (χ3n) is 8.54. The summed E-state index contributed by atoms with van der Waals surface area (Å²) in [5.41, 5.74) is 4.54. The Labute approximate surface area is 236 Å². The fourth-order valence-corrected chi connectivity index (χ4v) is 6.42. The van der Waals surface area contributed by atoms with Gasteiger partial charge in [-0.25, -0.2) is 14.2 Å². The highest BCUT2D eigenvalue weighted by molar-refractivity contribution is 5.79. The molecular weight excluding hydrogens is 527 g/mol. The molecule has 0 saturated carbocycles. The molecule has 0 bridgehead atoms. The molecule has 10 heteroatoms. The van der Waals surface area contributed by atoms with E-state index in [1.165, 1.54) is 12.1 Å². The Balaban J connectivity index is 1.17. The maximum Gasteiger partial charge on any atom is 0.511 e. The second kappa shape index (κ2) is 11.1. The molecule has 1 atom stereocenters. The van der Waals surface area contributed by atoms with Crippen molar-refractivity contribution in [2.45, 2.75) is 64.3 Å². The van der Waals surface area contributed by atoms with E-state index >= 15 is 0 Å². The van der Waals surface area contributed by atoms with Crippen LogP contribution in [0.5, 0.6) is 5.75 Å². The van der Waals surface area contributed by atoms with E-state index < -0.39 is 6.16 Å². The van der Waals surface area contributed by atoms with Gasteiger partial charge in [-0.05, 0) is 77.2 Å². The van der Waals surface area contributed by atoms with Crippen LogP contribution in [-0.4, -0.2) is 50.5 Å². The molecule has 214 valence electrons. The number of aromatic nitrogens is 3. The number of ether oxygens (including phenoxy) is 1. The lowest BCUT2D eigenvalue weighted by atomic mass is 9.88. The monoisotopic (exact) mass is 560 g/mol. The van der Waals surface area contributed by atoms with Crippen molar-refractivity contribution in [3.63, 3.8) is 0 Å². The molecule has 4 heterocycles. The van der Waals surface area contributed by atoms with Gasteiger partial charge in [0.05, 0.1) is 5.69 Å². The Bertz CT molecular complexity index is 1670. The number of likely N-dealkylation sites (tertiary alicyclic amines) is 1. The first-order chi connectivity index (χ1) is 19.8. The van der Waals surface area contributed by atoms with E-state index in [1.54, 1.807) is 16.7 Å². The molecule has 4 aromatic rings. The molecular formula is C31H33FN4O5. The maximum atomic E-state index is 13.7. The number of aryl methyl sites for hydroxylation is 2. The lowest BCUT2D eigenvalue weighted by Gasteiger charge is -2.31. The van der Waals surface area contributed by atoms with Crippen molar-refractivity contribution in [3.05, 3.63) is 86.5 Å². The first-order valence-corrected chi connectivity index (χ1v) is 14.2. The molecule has 9 nitrogen and oxygen atoms in total. The highest BCUT2D eigenvalue weighted by Crippen LogP contribution is 2.38. The largest absolute Gasteiger partial charge is 0.511 e. The molecule has 0 radical (unpaired) electrons. The van der Waals surface area contributed by atoms with Crippen molar-refractivity contribution in [2.75, 3.05) is 19.6 Å². The average Bonchev–Trinajstić information content (AvgIpc) is 3.37. The molecule has 1 saturated heterocycles. The number of hydrogen-bond donors (Lipinski definition) is 1. The Hall–Kier alpha value is -4.05. The summed E-state index contributed by atoms with van der Waals surface area (Å²) in [6.45, 7) is 6.93. The van der Waals surface area contributed by atoms with Gasteiger partial charge < -0.3 is 19.3 Å². The summed E-state index contributed by atoms with van der Waals surface area (Å²) in [5.74, 6) is 0.655. The normalized spacial score (nSPS) is 18.0. The summed E-state index contributed by atoms with van der Waals surface area (Å²) >= 11 is 0. The number of fused-ring (bicyclic) bond motifs is 2. The molecule has 0 amide bonds. The van der Waals surface area contributed by atoms with Gasteiger partial charge in [-0.2, -0.15) is 0 Å². The number of rotatable bonds is 6. The minimum Gasteiger partial charge on any atom is -0.449 e. The lowest BCUT2D eigenvalue weighted by molar-refractivity contribution is 0.143. The zero-order valence-corrected chi connectivity index (χ0v) is 23.2. The summed E-state index contributed by atoms with van der Waals surface area (Å²) in [6, 6.07) is 9.98. The first-order valence-electron chi connectivity index (χ1n) is 14.2. The van der Waals surface area contributed by atoms with E-state index in [0.717, 1.165) is 78.8 Å². The second-order valence-corrected chi connectivity index (χ2v) is 11.2. The minimum atomic E-state index is -1.36. The van der Waals surface area contributed by atoms with Gasteiger partial charge in [-0.15, -0.1) is 0 Å². The van der Waals surface area contributed by atoms with E-state index in [-0.39, 0.29) is 29.0 Å². The molecule has 0 spiro atoms. The van der Waals surface area contributed by atoms with E-state index in [2.05, 4.69) is 10.1 Å². The quantitative estimate of drug-likeness (QED) is 0.242. The first kappa shape index (κ1) is 27.1. The van der Waals surface area contributed by atoms with Crippen molar-refractivity contribution in [2.24, 2.45) is 0 Å². The molecule has 1 unspecified atom stereocenters. The van der Waals surface area contributed by atoms with Crippen molar-refractivity contribution >= 4 is 17.1 Å². The highest BCUT2D eigenvalue weighted by atomic mass is 19.1. The van der Waals surface area contributed by atoms with Crippen molar-refractivity contribution in [1.29, 1.82) is 0 Å². The van der Waals surface area contributed by atoms with Crippen LogP contribution in [0, 0.1) is 19.7 Å².